The molecule has 1 saturated heterocycles. The highest BCUT2D eigenvalue weighted by Crippen LogP contribution is 2.31. The maximum Gasteiger partial charge on any atom is 0.217 e. The van der Waals surface area contributed by atoms with Gasteiger partial charge in [-0.1, -0.05) is 17.7 Å². The van der Waals surface area contributed by atoms with E-state index in [1.807, 2.05) is 18.2 Å². The topological polar surface area (TPSA) is 41.6 Å². The van der Waals surface area contributed by atoms with E-state index >= 15 is 0 Å². The average molecular weight is 390 g/mol. The first-order chi connectivity index (χ1) is 10.6. The Hall–Kier alpha value is -0.780. The van der Waals surface area contributed by atoms with Gasteiger partial charge in [0.05, 0.1) is 11.6 Å². The van der Waals surface area contributed by atoms with Crippen LogP contribution in [0.5, 0.6) is 5.75 Å². The molecule has 0 atom stereocenters. The Kier molecular flexibility index (Phi) is 6.99. The molecule has 0 aliphatic carbocycles. The summed E-state index contributed by atoms with van der Waals surface area (Å²) in [6, 6.07) is 6.03. The molecule has 6 heteroatoms. The van der Waals surface area contributed by atoms with Crippen LogP contribution in [0.25, 0.3) is 0 Å². The van der Waals surface area contributed by atoms with Gasteiger partial charge in [0.25, 0.3) is 0 Å². The van der Waals surface area contributed by atoms with Crippen LogP contribution in [0.4, 0.5) is 0 Å². The van der Waals surface area contributed by atoms with Gasteiger partial charge in [-0.15, -0.1) is 0 Å². The predicted octanol–water partition coefficient (Wildman–Crippen LogP) is 3.47. The summed E-state index contributed by atoms with van der Waals surface area (Å²) in [5.74, 6) is 0.790. The summed E-state index contributed by atoms with van der Waals surface area (Å²) in [7, 11) is 0. The van der Waals surface area contributed by atoms with Crippen molar-refractivity contribution in [3.8, 4) is 5.75 Å². The summed E-state index contributed by atoms with van der Waals surface area (Å²) in [5.41, 5.74) is 0. The van der Waals surface area contributed by atoms with Gasteiger partial charge in [-0.3, -0.25) is 4.79 Å². The van der Waals surface area contributed by atoms with Crippen molar-refractivity contribution >= 4 is 33.4 Å². The van der Waals surface area contributed by atoms with Gasteiger partial charge >= 0.3 is 0 Å². The minimum Gasteiger partial charge on any atom is -0.492 e. The molecule has 1 aromatic rings. The van der Waals surface area contributed by atoms with Crippen molar-refractivity contribution < 1.29 is 9.53 Å². The molecular formula is C16H22BrClN2O2. The van der Waals surface area contributed by atoms with E-state index in [9.17, 15) is 4.79 Å². The first-order valence-corrected chi connectivity index (χ1v) is 8.79. The second-order valence-corrected chi connectivity index (χ2v) is 6.80. The fourth-order valence-corrected chi connectivity index (χ4v) is 3.18. The number of hydrogen-bond donors (Lipinski definition) is 1. The minimum atomic E-state index is 0.0674. The standard InChI is InChI=1S/C16H22BrClN2O2/c1-12(21)19-13-6-9-20(10-7-13)8-3-11-22-15-5-2-4-14(17)16(15)18/h2,4-5,13H,3,6-11H2,1H3,(H,19,21). The lowest BCUT2D eigenvalue weighted by atomic mass is 10.0. The number of rotatable bonds is 6. The third kappa shape index (κ3) is 5.45. The highest BCUT2D eigenvalue weighted by Gasteiger charge is 2.19. The third-order valence-corrected chi connectivity index (χ3v) is 5.07. The van der Waals surface area contributed by atoms with Crippen molar-refractivity contribution in [1.29, 1.82) is 0 Å². The van der Waals surface area contributed by atoms with Crippen LogP contribution in [0.15, 0.2) is 22.7 Å². The number of hydrogen-bond acceptors (Lipinski definition) is 3. The number of benzene rings is 1. The van der Waals surface area contributed by atoms with E-state index in [1.54, 1.807) is 6.92 Å². The van der Waals surface area contributed by atoms with Gasteiger partial charge < -0.3 is 15.0 Å². The predicted molar refractivity (Wildman–Crippen MR) is 92.5 cm³/mol. The molecule has 1 amide bonds. The second kappa shape index (κ2) is 8.75. The van der Waals surface area contributed by atoms with Gasteiger partial charge in [0, 0.05) is 37.1 Å². The van der Waals surface area contributed by atoms with Crippen LogP contribution < -0.4 is 10.1 Å². The van der Waals surface area contributed by atoms with E-state index < -0.39 is 0 Å². The SMILES string of the molecule is CC(=O)NC1CCN(CCCOc2cccc(Br)c2Cl)CC1. The molecular weight excluding hydrogens is 368 g/mol. The number of amides is 1. The van der Waals surface area contributed by atoms with E-state index in [-0.39, 0.29) is 5.91 Å². The molecule has 2 rings (SSSR count). The number of ether oxygens (including phenoxy) is 1. The van der Waals surface area contributed by atoms with Crippen LogP contribution in [0.2, 0.25) is 5.02 Å². The number of carbonyl (C=O) groups is 1. The molecule has 0 saturated carbocycles. The molecule has 0 unspecified atom stereocenters. The van der Waals surface area contributed by atoms with Crippen LogP contribution in [-0.2, 0) is 4.79 Å². The molecule has 122 valence electrons. The van der Waals surface area contributed by atoms with Crippen molar-refractivity contribution in [2.24, 2.45) is 0 Å². The molecule has 0 aromatic heterocycles. The average Bonchev–Trinajstić information content (AvgIpc) is 2.49. The van der Waals surface area contributed by atoms with Crippen molar-refractivity contribution in [2.75, 3.05) is 26.2 Å². The smallest absolute Gasteiger partial charge is 0.217 e. The molecule has 4 nitrogen and oxygen atoms in total. The van der Waals surface area contributed by atoms with E-state index in [0.29, 0.717) is 17.7 Å². The quantitative estimate of drug-likeness (QED) is 0.758. The highest BCUT2D eigenvalue weighted by atomic mass is 79.9. The van der Waals surface area contributed by atoms with Gasteiger partial charge in [-0.2, -0.15) is 0 Å². The fourth-order valence-electron chi connectivity index (χ4n) is 2.65. The molecule has 0 radical (unpaired) electrons. The van der Waals surface area contributed by atoms with E-state index in [0.717, 1.165) is 49.1 Å². The zero-order valence-corrected chi connectivity index (χ0v) is 15.1. The Balaban J connectivity index is 1.64. The maximum atomic E-state index is 11.0. The molecule has 1 aromatic carbocycles. The fraction of sp³-hybridized carbons (Fsp3) is 0.562. The Labute approximate surface area is 145 Å². The lowest BCUT2D eigenvalue weighted by Gasteiger charge is -2.32. The van der Waals surface area contributed by atoms with E-state index in [2.05, 4.69) is 26.1 Å². The summed E-state index contributed by atoms with van der Waals surface area (Å²) in [6.45, 7) is 5.31. The number of carbonyl (C=O) groups excluding carboxylic acids is 1. The molecule has 1 fully saturated rings. The van der Waals surface area contributed by atoms with Crippen molar-refractivity contribution in [2.45, 2.75) is 32.2 Å². The number of nitrogens with zero attached hydrogens (tertiary/aromatic N) is 1. The number of piperidine rings is 1. The number of likely N-dealkylation sites (tertiary alicyclic amines) is 1. The summed E-state index contributed by atoms with van der Waals surface area (Å²) >= 11 is 9.55. The first-order valence-electron chi connectivity index (χ1n) is 7.62. The Morgan fingerprint density at radius 3 is 2.86 bits per heavy atom. The van der Waals surface area contributed by atoms with Gasteiger partial charge in [-0.25, -0.2) is 0 Å². The normalized spacial score (nSPS) is 16.5. The van der Waals surface area contributed by atoms with Gasteiger partial charge in [0.2, 0.25) is 5.91 Å². The monoisotopic (exact) mass is 388 g/mol. The van der Waals surface area contributed by atoms with Gasteiger partial charge in [0.15, 0.2) is 0 Å². The molecule has 22 heavy (non-hydrogen) atoms. The van der Waals surface area contributed by atoms with Crippen molar-refractivity contribution in [3.63, 3.8) is 0 Å². The van der Waals surface area contributed by atoms with Crippen molar-refractivity contribution in [1.82, 2.24) is 10.2 Å². The van der Waals surface area contributed by atoms with E-state index in [4.69, 9.17) is 16.3 Å². The lowest BCUT2D eigenvalue weighted by Crippen LogP contribution is -2.44. The zero-order chi connectivity index (χ0) is 15.9. The molecule has 1 aliphatic heterocycles. The Morgan fingerprint density at radius 2 is 2.18 bits per heavy atom. The van der Waals surface area contributed by atoms with Crippen LogP contribution >= 0.6 is 27.5 Å². The van der Waals surface area contributed by atoms with Crippen LogP contribution in [0.3, 0.4) is 0 Å². The van der Waals surface area contributed by atoms with Gasteiger partial charge in [-0.05, 0) is 47.3 Å². The summed E-state index contributed by atoms with van der Waals surface area (Å²) < 4.78 is 6.59. The Bertz CT molecular complexity index is 505. The summed E-state index contributed by atoms with van der Waals surface area (Å²) in [4.78, 5) is 13.5. The summed E-state index contributed by atoms with van der Waals surface area (Å²) in [6.07, 6.45) is 3.02. The zero-order valence-electron chi connectivity index (χ0n) is 12.8. The molecule has 1 heterocycles. The summed E-state index contributed by atoms with van der Waals surface area (Å²) in [5, 5.41) is 3.62. The highest BCUT2D eigenvalue weighted by molar-refractivity contribution is 9.10. The number of nitrogens with one attached hydrogen (secondary N) is 1. The molecule has 1 aliphatic rings. The second-order valence-electron chi connectivity index (χ2n) is 5.57. The maximum absolute atomic E-state index is 11.0. The third-order valence-electron chi connectivity index (χ3n) is 3.79. The van der Waals surface area contributed by atoms with Crippen LogP contribution in [-0.4, -0.2) is 43.1 Å². The Morgan fingerprint density at radius 1 is 1.45 bits per heavy atom. The minimum absolute atomic E-state index is 0.0674. The first kappa shape index (κ1) is 17.6. The number of halogens is 2. The lowest BCUT2D eigenvalue weighted by molar-refractivity contribution is -0.119. The largest absolute Gasteiger partial charge is 0.492 e. The molecule has 0 spiro atoms. The van der Waals surface area contributed by atoms with Gasteiger partial charge in [0.1, 0.15) is 5.75 Å². The molecule has 0 bridgehead atoms. The molecule has 1 N–H and O–H groups in total. The van der Waals surface area contributed by atoms with E-state index in [1.165, 1.54) is 0 Å². The van der Waals surface area contributed by atoms with Crippen molar-refractivity contribution in [3.05, 3.63) is 27.7 Å². The van der Waals surface area contributed by atoms with Crippen LogP contribution in [0.1, 0.15) is 26.2 Å². The van der Waals surface area contributed by atoms with Crippen LogP contribution in [0, 0.1) is 0 Å².